The van der Waals surface area contributed by atoms with Crippen LogP contribution in [-0.4, -0.2) is 62.3 Å². The summed E-state index contributed by atoms with van der Waals surface area (Å²) in [5, 5.41) is 25.7. The number of aliphatic hydroxyl groups is 3. The van der Waals surface area contributed by atoms with Gasteiger partial charge in [-0.2, -0.15) is 0 Å². The Kier molecular flexibility index (Phi) is 12.8. The van der Waals surface area contributed by atoms with Gasteiger partial charge in [-0.25, -0.2) is 0 Å². The molecule has 0 rings (SSSR count). The smallest absolute Gasteiger partial charge is 0.396 e. The third-order valence-corrected chi connectivity index (χ3v) is 1.67. The highest BCUT2D eigenvalue weighted by molar-refractivity contribution is 6.36. The highest BCUT2D eigenvalue weighted by Gasteiger charge is 2.20. The molecule has 0 spiro atoms. The molecule has 0 atom stereocenters. The minimum atomic E-state index is -0.787. The Morgan fingerprint density at radius 2 is 0.938 bits per heavy atom. The van der Waals surface area contributed by atoms with Gasteiger partial charge in [-0.3, -0.25) is 0 Å². The van der Waals surface area contributed by atoms with Gasteiger partial charge < -0.3 is 29.3 Å². The normalized spacial score (nSPS) is 10.7. The largest absolute Gasteiger partial charge is 0.639 e. The second-order valence-corrected chi connectivity index (χ2v) is 3.13. The zero-order chi connectivity index (χ0) is 12.1. The van der Waals surface area contributed by atoms with Crippen LogP contribution in [0.1, 0.15) is 19.3 Å². The predicted octanol–water partition coefficient (Wildman–Crippen LogP) is -0.832. The Hall–Kier alpha value is -0.175. The highest BCUT2D eigenvalue weighted by Crippen LogP contribution is 1.97. The molecule has 0 aliphatic carbocycles. The predicted molar refractivity (Wildman–Crippen MR) is 58.7 cm³/mol. The van der Waals surface area contributed by atoms with E-state index in [4.69, 9.17) is 29.3 Å². The number of hydrogen-bond donors (Lipinski definition) is 3. The van der Waals surface area contributed by atoms with Gasteiger partial charge in [-0.05, 0) is 19.3 Å². The summed E-state index contributed by atoms with van der Waals surface area (Å²) in [5.41, 5.74) is 0. The second-order valence-electron chi connectivity index (χ2n) is 3.13. The van der Waals surface area contributed by atoms with Crippen molar-refractivity contribution in [1.82, 2.24) is 0 Å². The quantitative estimate of drug-likeness (QED) is 0.303. The van der Waals surface area contributed by atoms with Gasteiger partial charge in [0.15, 0.2) is 0 Å². The molecule has 3 N–H and O–H groups in total. The fourth-order valence-corrected chi connectivity index (χ4v) is 0.877. The number of aliphatic hydroxyl groups excluding tert-OH is 3. The van der Waals surface area contributed by atoms with Crippen LogP contribution < -0.4 is 0 Å². The summed E-state index contributed by atoms with van der Waals surface area (Å²) in [5.74, 6) is 0. The van der Waals surface area contributed by atoms with Gasteiger partial charge in [0, 0.05) is 39.6 Å². The van der Waals surface area contributed by atoms with E-state index in [1.54, 1.807) is 0 Å². The summed E-state index contributed by atoms with van der Waals surface area (Å²) in [6.07, 6.45) is 1.55. The fourth-order valence-electron chi connectivity index (χ4n) is 0.877. The third-order valence-electron chi connectivity index (χ3n) is 1.67. The van der Waals surface area contributed by atoms with Crippen LogP contribution in [0, 0.1) is 0 Å². The summed E-state index contributed by atoms with van der Waals surface area (Å²) in [6, 6.07) is 0. The van der Waals surface area contributed by atoms with E-state index in [2.05, 4.69) is 0 Å². The highest BCUT2D eigenvalue weighted by atomic mass is 16.7. The molecule has 96 valence electrons. The fraction of sp³-hybridized carbons (Fsp3) is 1.00. The maximum atomic E-state index is 8.58. The Morgan fingerprint density at radius 1 is 0.625 bits per heavy atom. The first-order valence-corrected chi connectivity index (χ1v) is 5.52. The van der Waals surface area contributed by atoms with Crippen molar-refractivity contribution < 1.29 is 29.3 Å². The minimum Gasteiger partial charge on any atom is -0.396 e. The van der Waals surface area contributed by atoms with E-state index in [0.29, 0.717) is 39.1 Å². The zero-order valence-electron chi connectivity index (χ0n) is 9.51. The van der Waals surface area contributed by atoms with Crippen molar-refractivity contribution in [2.75, 3.05) is 39.6 Å². The van der Waals surface area contributed by atoms with Gasteiger partial charge >= 0.3 is 7.32 Å². The van der Waals surface area contributed by atoms with Gasteiger partial charge in [0.1, 0.15) is 0 Å². The van der Waals surface area contributed by atoms with Gasteiger partial charge in [-0.15, -0.1) is 0 Å². The molecule has 0 heterocycles. The van der Waals surface area contributed by atoms with E-state index in [-0.39, 0.29) is 19.8 Å². The molecule has 0 aromatic heterocycles. The first-order chi connectivity index (χ1) is 7.85. The molecule has 0 aliphatic rings. The van der Waals surface area contributed by atoms with Crippen LogP contribution in [0.2, 0.25) is 0 Å². The van der Waals surface area contributed by atoms with Crippen LogP contribution in [0.3, 0.4) is 0 Å². The first-order valence-electron chi connectivity index (χ1n) is 5.52. The molecule has 0 radical (unpaired) electrons. The van der Waals surface area contributed by atoms with Crippen molar-refractivity contribution >= 4 is 7.32 Å². The summed E-state index contributed by atoms with van der Waals surface area (Å²) in [4.78, 5) is 0. The van der Waals surface area contributed by atoms with Crippen LogP contribution in [0.15, 0.2) is 0 Å². The zero-order valence-corrected chi connectivity index (χ0v) is 9.51. The average Bonchev–Trinajstić information content (AvgIpc) is 2.29. The first kappa shape index (κ1) is 15.8. The van der Waals surface area contributed by atoms with Crippen molar-refractivity contribution in [2.45, 2.75) is 19.3 Å². The van der Waals surface area contributed by atoms with Gasteiger partial charge in [0.05, 0.1) is 0 Å². The summed E-state index contributed by atoms with van der Waals surface area (Å²) < 4.78 is 15.6. The van der Waals surface area contributed by atoms with Crippen molar-refractivity contribution in [3.63, 3.8) is 0 Å². The lowest BCUT2D eigenvalue weighted by Gasteiger charge is -2.13. The van der Waals surface area contributed by atoms with Crippen LogP contribution in [0.5, 0.6) is 0 Å². The molecule has 0 aliphatic heterocycles. The molecule has 0 aromatic rings. The maximum Gasteiger partial charge on any atom is 0.639 e. The third kappa shape index (κ3) is 10.3. The Morgan fingerprint density at radius 3 is 1.19 bits per heavy atom. The number of rotatable bonds is 12. The molecule has 6 nitrogen and oxygen atoms in total. The van der Waals surface area contributed by atoms with Crippen molar-refractivity contribution in [3.05, 3.63) is 0 Å². The minimum absolute atomic E-state index is 0.0556. The molecule has 0 fully saturated rings. The lowest BCUT2D eigenvalue weighted by atomic mass is 10.2. The standard InChI is InChI=1S/C9H21BO6/c11-4-1-7-14-10(15-8-2-5-12)16-9-3-6-13/h11-13H,1-9H2. The van der Waals surface area contributed by atoms with Crippen molar-refractivity contribution in [3.8, 4) is 0 Å². The molecule has 0 saturated heterocycles. The summed E-state index contributed by atoms with van der Waals surface area (Å²) >= 11 is 0. The molecule has 16 heavy (non-hydrogen) atoms. The van der Waals surface area contributed by atoms with Gasteiger partial charge in [-0.1, -0.05) is 0 Å². The van der Waals surface area contributed by atoms with Crippen molar-refractivity contribution in [2.24, 2.45) is 0 Å². The maximum absolute atomic E-state index is 8.58. The van der Waals surface area contributed by atoms with Gasteiger partial charge in [0.2, 0.25) is 0 Å². The van der Waals surface area contributed by atoms with E-state index in [1.165, 1.54) is 0 Å². The van der Waals surface area contributed by atoms with Crippen LogP contribution in [-0.2, 0) is 14.0 Å². The van der Waals surface area contributed by atoms with E-state index < -0.39 is 7.32 Å². The summed E-state index contributed by atoms with van der Waals surface area (Å²) in [6.45, 7) is 1.21. The monoisotopic (exact) mass is 236 g/mol. The van der Waals surface area contributed by atoms with Crippen LogP contribution >= 0.6 is 0 Å². The SMILES string of the molecule is OCCCOB(OCCCO)OCCCO. The molecular weight excluding hydrogens is 215 g/mol. The molecule has 7 heteroatoms. The van der Waals surface area contributed by atoms with Crippen LogP contribution in [0.25, 0.3) is 0 Å². The molecule has 0 amide bonds. The summed E-state index contributed by atoms with van der Waals surface area (Å²) in [7, 11) is -0.787. The van der Waals surface area contributed by atoms with E-state index in [1.807, 2.05) is 0 Å². The molecule has 0 unspecified atom stereocenters. The van der Waals surface area contributed by atoms with E-state index in [0.717, 1.165) is 0 Å². The molecule has 0 bridgehead atoms. The van der Waals surface area contributed by atoms with E-state index in [9.17, 15) is 0 Å². The Bertz CT molecular complexity index is 113. The molecular formula is C9H21BO6. The van der Waals surface area contributed by atoms with Crippen molar-refractivity contribution in [1.29, 1.82) is 0 Å². The Labute approximate surface area is 96.3 Å². The van der Waals surface area contributed by atoms with E-state index >= 15 is 0 Å². The average molecular weight is 236 g/mol. The Balaban J connectivity index is 3.58. The van der Waals surface area contributed by atoms with Gasteiger partial charge in [0.25, 0.3) is 0 Å². The van der Waals surface area contributed by atoms with Crippen LogP contribution in [0.4, 0.5) is 0 Å². The topological polar surface area (TPSA) is 88.4 Å². The molecule has 0 saturated carbocycles. The lowest BCUT2D eigenvalue weighted by Crippen LogP contribution is -2.29. The lowest BCUT2D eigenvalue weighted by molar-refractivity contribution is 0.0778. The molecule has 0 aromatic carbocycles. The second kappa shape index (κ2) is 12.9. The number of hydrogen-bond acceptors (Lipinski definition) is 6.